The van der Waals surface area contributed by atoms with E-state index in [-0.39, 0.29) is 21.7 Å². The van der Waals surface area contributed by atoms with Gasteiger partial charge in [-0.3, -0.25) is 19.5 Å². The average Bonchev–Trinajstić information content (AvgIpc) is 2.82. The van der Waals surface area contributed by atoms with Gasteiger partial charge in [-0.15, -0.1) is 0 Å². The van der Waals surface area contributed by atoms with E-state index >= 15 is 0 Å². The van der Waals surface area contributed by atoms with Gasteiger partial charge in [0.05, 0.1) is 22.8 Å². The molecule has 0 bridgehead atoms. The lowest BCUT2D eigenvalue weighted by Gasteiger charge is -2.18. The van der Waals surface area contributed by atoms with Gasteiger partial charge in [-0.05, 0) is 48.0 Å². The Kier molecular flexibility index (Phi) is 6.85. The van der Waals surface area contributed by atoms with E-state index in [0.717, 1.165) is 12.1 Å². The van der Waals surface area contributed by atoms with Gasteiger partial charge < -0.3 is 5.32 Å². The second-order valence-corrected chi connectivity index (χ2v) is 9.77. The normalized spacial score (nSPS) is 12.3. The Hall–Kier alpha value is -3.44. The summed E-state index contributed by atoms with van der Waals surface area (Å²) in [6, 6.07) is 12.9. The van der Waals surface area contributed by atoms with Crippen molar-refractivity contribution in [3.8, 4) is 0 Å². The van der Waals surface area contributed by atoms with Crippen molar-refractivity contribution in [1.82, 2.24) is 15.3 Å². The van der Waals surface area contributed by atoms with Crippen molar-refractivity contribution in [3.63, 3.8) is 0 Å². The van der Waals surface area contributed by atoms with E-state index in [1.54, 1.807) is 12.1 Å². The summed E-state index contributed by atoms with van der Waals surface area (Å²) in [6.07, 6.45) is 2.83. The summed E-state index contributed by atoms with van der Waals surface area (Å²) in [7, 11) is -4.17. The summed E-state index contributed by atoms with van der Waals surface area (Å²) in [5.41, 5.74) is 0.879. The predicted molar refractivity (Wildman–Crippen MR) is 127 cm³/mol. The van der Waals surface area contributed by atoms with Crippen LogP contribution in [0.1, 0.15) is 22.0 Å². The third kappa shape index (κ3) is 5.05. The van der Waals surface area contributed by atoms with Gasteiger partial charge in [-0.25, -0.2) is 17.2 Å². The number of hydrogen-bond donors (Lipinski definition) is 2. The Bertz CT molecular complexity index is 1460. The van der Waals surface area contributed by atoms with E-state index in [0.29, 0.717) is 15.6 Å². The molecule has 0 saturated carbocycles. The molecule has 0 radical (unpaired) electrons. The molecule has 4 rings (SSSR count). The van der Waals surface area contributed by atoms with Crippen LogP contribution in [-0.2, 0) is 10.0 Å². The zero-order valence-corrected chi connectivity index (χ0v) is 19.8. The van der Waals surface area contributed by atoms with Gasteiger partial charge in [0, 0.05) is 16.9 Å². The second-order valence-electron chi connectivity index (χ2n) is 7.21. The Morgan fingerprint density at radius 3 is 2.50 bits per heavy atom. The molecule has 7 nitrogen and oxygen atoms in total. The van der Waals surface area contributed by atoms with E-state index in [1.807, 2.05) is 0 Å². The third-order valence-corrected chi connectivity index (χ3v) is 6.84. The summed E-state index contributed by atoms with van der Waals surface area (Å²) in [4.78, 5) is 21.1. The molecule has 0 spiro atoms. The van der Waals surface area contributed by atoms with Crippen LogP contribution in [-0.4, -0.2) is 31.0 Å². The maximum absolute atomic E-state index is 13.7. The van der Waals surface area contributed by atoms with Crippen molar-refractivity contribution in [1.29, 1.82) is 0 Å². The first kappa shape index (κ1) is 23.7. The minimum absolute atomic E-state index is 0.0236. The Morgan fingerprint density at radius 1 is 1.03 bits per heavy atom. The number of carbonyl (C=O) groups excluding carboxylic acids is 1. The van der Waals surface area contributed by atoms with Crippen molar-refractivity contribution in [3.05, 3.63) is 94.5 Å². The number of rotatable bonds is 7. The SMILES string of the molecule is O=C(NC(CF)c1ccc(F)cc1)c1ccc(Br)cc1NS(=O)(=O)c1cccc2nccnc12. The van der Waals surface area contributed by atoms with Crippen molar-refractivity contribution in [2.24, 2.45) is 0 Å². The smallest absolute Gasteiger partial charge is 0.264 e. The number of amides is 1. The molecule has 1 heterocycles. The van der Waals surface area contributed by atoms with Gasteiger partial charge in [-0.1, -0.05) is 34.1 Å². The second kappa shape index (κ2) is 9.82. The van der Waals surface area contributed by atoms with Crippen molar-refractivity contribution < 1.29 is 22.0 Å². The highest BCUT2D eigenvalue weighted by Crippen LogP contribution is 2.27. The lowest BCUT2D eigenvalue weighted by atomic mass is 10.1. The molecule has 0 fully saturated rings. The van der Waals surface area contributed by atoms with E-state index in [4.69, 9.17) is 0 Å². The standard InChI is InChI=1S/C23H17BrF2N4O3S/c24-15-6-9-17(23(31)29-20(13-25)14-4-7-16(26)8-5-14)19(12-15)30-34(32,33)21-3-1-2-18-22(21)28-11-10-27-18/h1-12,20,30H,13H2,(H,29,31). The van der Waals surface area contributed by atoms with Crippen LogP contribution < -0.4 is 10.0 Å². The summed E-state index contributed by atoms with van der Waals surface area (Å²) >= 11 is 3.27. The van der Waals surface area contributed by atoms with Crippen LogP contribution in [0.5, 0.6) is 0 Å². The highest BCUT2D eigenvalue weighted by molar-refractivity contribution is 9.10. The minimum atomic E-state index is -4.17. The molecule has 1 atom stereocenters. The van der Waals surface area contributed by atoms with E-state index < -0.39 is 34.5 Å². The van der Waals surface area contributed by atoms with E-state index in [2.05, 4.69) is 35.9 Å². The van der Waals surface area contributed by atoms with Crippen LogP contribution in [0.3, 0.4) is 0 Å². The molecular weight excluding hydrogens is 530 g/mol. The van der Waals surface area contributed by atoms with Crippen LogP contribution in [0, 0.1) is 5.82 Å². The quantitative estimate of drug-likeness (QED) is 0.347. The van der Waals surface area contributed by atoms with Crippen molar-refractivity contribution in [2.75, 3.05) is 11.4 Å². The molecule has 1 amide bonds. The Labute approximate surface area is 202 Å². The lowest BCUT2D eigenvalue weighted by molar-refractivity contribution is 0.0930. The van der Waals surface area contributed by atoms with Gasteiger partial charge in [0.2, 0.25) is 0 Å². The number of halogens is 3. The fraction of sp³-hybridized carbons (Fsp3) is 0.0870. The number of fused-ring (bicyclic) bond motifs is 1. The summed E-state index contributed by atoms with van der Waals surface area (Å²) < 4.78 is 56.3. The van der Waals surface area contributed by atoms with Gasteiger partial charge in [0.15, 0.2) is 0 Å². The number of aromatic nitrogens is 2. The fourth-order valence-electron chi connectivity index (χ4n) is 3.32. The van der Waals surface area contributed by atoms with Gasteiger partial charge in [-0.2, -0.15) is 0 Å². The molecule has 34 heavy (non-hydrogen) atoms. The number of hydrogen-bond acceptors (Lipinski definition) is 5. The first-order valence-corrected chi connectivity index (χ1v) is 12.2. The largest absolute Gasteiger partial charge is 0.343 e. The van der Waals surface area contributed by atoms with E-state index in [1.165, 1.54) is 48.8 Å². The topological polar surface area (TPSA) is 101 Å². The molecule has 174 valence electrons. The van der Waals surface area contributed by atoms with Gasteiger partial charge in [0.25, 0.3) is 15.9 Å². The zero-order valence-electron chi connectivity index (χ0n) is 17.4. The fourth-order valence-corrected chi connectivity index (χ4v) is 4.92. The average molecular weight is 547 g/mol. The zero-order chi connectivity index (χ0) is 24.3. The van der Waals surface area contributed by atoms with Crippen molar-refractivity contribution >= 4 is 48.6 Å². The molecule has 0 saturated heterocycles. The van der Waals surface area contributed by atoms with Gasteiger partial charge >= 0.3 is 0 Å². The number of anilines is 1. The molecule has 1 unspecified atom stereocenters. The molecular formula is C23H17BrF2N4O3S. The van der Waals surface area contributed by atoms with Crippen LogP contribution in [0.2, 0.25) is 0 Å². The molecule has 0 aliphatic carbocycles. The lowest BCUT2D eigenvalue weighted by Crippen LogP contribution is -2.30. The molecule has 1 aromatic heterocycles. The van der Waals surface area contributed by atoms with Crippen LogP contribution >= 0.6 is 15.9 Å². The van der Waals surface area contributed by atoms with Crippen LogP contribution in [0.25, 0.3) is 11.0 Å². The number of sulfonamides is 1. The first-order chi connectivity index (χ1) is 16.3. The molecule has 0 aliphatic rings. The number of nitrogens with one attached hydrogen (secondary N) is 2. The van der Waals surface area contributed by atoms with Crippen LogP contribution in [0.4, 0.5) is 14.5 Å². The summed E-state index contributed by atoms with van der Waals surface area (Å²) in [5, 5.41) is 2.52. The highest BCUT2D eigenvalue weighted by Gasteiger charge is 2.23. The predicted octanol–water partition coefficient (Wildman–Crippen LogP) is 4.77. The third-order valence-electron chi connectivity index (χ3n) is 4.95. The number of para-hydroxylation sites is 1. The Morgan fingerprint density at radius 2 is 1.76 bits per heavy atom. The Balaban J connectivity index is 1.67. The highest BCUT2D eigenvalue weighted by atomic mass is 79.9. The number of alkyl halides is 1. The molecule has 4 aromatic rings. The monoisotopic (exact) mass is 546 g/mol. The molecule has 2 N–H and O–H groups in total. The van der Waals surface area contributed by atoms with Crippen molar-refractivity contribution in [2.45, 2.75) is 10.9 Å². The number of nitrogens with zero attached hydrogens (tertiary/aromatic N) is 2. The first-order valence-electron chi connectivity index (χ1n) is 9.93. The molecule has 11 heteroatoms. The molecule has 3 aromatic carbocycles. The number of carbonyl (C=O) groups is 1. The van der Waals surface area contributed by atoms with E-state index in [9.17, 15) is 22.0 Å². The minimum Gasteiger partial charge on any atom is -0.343 e. The molecule has 0 aliphatic heterocycles. The maximum Gasteiger partial charge on any atom is 0.264 e. The maximum atomic E-state index is 13.7. The van der Waals surface area contributed by atoms with Gasteiger partial charge in [0.1, 0.15) is 22.9 Å². The number of benzene rings is 3. The van der Waals surface area contributed by atoms with Crippen LogP contribution in [0.15, 0.2) is 82.4 Å². The summed E-state index contributed by atoms with van der Waals surface area (Å²) in [5.74, 6) is -1.20. The summed E-state index contributed by atoms with van der Waals surface area (Å²) in [6.45, 7) is -0.941.